The van der Waals surface area contributed by atoms with E-state index in [2.05, 4.69) is 27.6 Å². The van der Waals surface area contributed by atoms with E-state index in [1.165, 1.54) is 0 Å². The van der Waals surface area contributed by atoms with Gasteiger partial charge in [-0.1, -0.05) is 23.4 Å². The fraction of sp³-hybridized carbons (Fsp3) is 0.407. The number of ether oxygens (including phenoxy) is 1. The summed E-state index contributed by atoms with van der Waals surface area (Å²) in [4.78, 5) is 17.4. The van der Waals surface area contributed by atoms with Crippen molar-refractivity contribution in [2.45, 2.75) is 64.1 Å². The first-order valence-corrected chi connectivity index (χ1v) is 12.2. The molecule has 3 N–H and O–H groups in total. The lowest BCUT2D eigenvalue weighted by Gasteiger charge is -2.17. The van der Waals surface area contributed by atoms with Crippen LogP contribution >= 0.6 is 0 Å². The Hall–Kier alpha value is -3.70. The molecule has 1 saturated carbocycles. The molecule has 8 heteroatoms. The quantitative estimate of drug-likeness (QED) is 0.549. The van der Waals surface area contributed by atoms with E-state index in [1.807, 2.05) is 32.0 Å². The van der Waals surface area contributed by atoms with Gasteiger partial charge in [-0.15, -0.1) is 0 Å². The van der Waals surface area contributed by atoms with E-state index in [0.29, 0.717) is 28.6 Å². The summed E-state index contributed by atoms with van der Waals surface area (Å²) in [5, 5.41) is 17.0. The minimum atomic E-state index is -0.0347. The number of amides is 1. The minimum absolute atomic E-state index is 0.00706. The van der Waals surface area contributed by atoms with E-state index >= 15 is 0 Å². The summed E-state index contributed by atoms with van der Waals surface area (Å²) >= 11 is 0. The van der Waals surface area contributed by atoms with Gasteiger partial charge in [-0.25, -0.2) is 0 Å². The number of fused-ring (bicyclic) bond motifs is 1. The predicted molar refractivity (Wildman–Crippen MR) is 130 cm³/mol. The molecule has 2 aliphatic rings. The molecule has 3 atom stereocenters. The fourth-order valence-electron chi connectivity index (χ4n) is 5.12. The lowest BCUT2D eigenvalue weighted by atomic mass is 10.0. The average Bonchev–Trinajstić information content (AvgIpc) is 3.59. The fourth-order valence-corrected chi connectivity index (χ4v) is 5.12. The summed E-state index contributed by atoms with van der Waals surface area (Å²) in [6.07, 6.45) is 4.15. The Morgan fingerprint density at radius 2 is 2.11 bits per heavy atom. The summed E-state index contributed by atoms with van der Waals surface area (Å²) in [6, 6.07) is 13.5. The Balaban J connectivity index is 1.37. The van der Waals surface area contributed by atoms with Crippen LogP contribution in [0.25, 0.3) is 22.8 Å². The molecule has 3 aromatic rings. The van der Waals surface area contributed by atoms with Crippen molar-refractivity contribution in [1.82, 2.24) is 15.5 Å². The summed E-state index contributed by atoms with van der Waals surface area (Å²) in [5.74, 6) is 1.46. The largest absolute Gasteiger partial charge is 0.490 e. The van der Waals surface area contributed by atoms with E-state index in [-0.39, 0.29) is 30.0 Å². The number of carbonyl (C=O) groups excluding carboxylic acids is 1. The van der Waals surface area contributed by atoms with Crippen molar-refractivity contribution in [2.24, 2.45) is 11.7 Å². The van der Waals surface area contributed by atoms with Gasteiger partial charge in [0.2, 0.25) is 11.7 Å². The number of carbonyl (C=O) groups is 1. The molecule has 8 nitrogen and oxygen atoms in total. The zero-order valence-corrected chi connectivity index (χ0v) is 20.0. The minimum Gasteiger partial charge on any atom is -0.490 e. The van der Waals surface area contributed by atoms with Crippen molar-refractivity contribution in [2.75, 3.05) is 0 Å². The van der Waals surface area contributed by atoms with E-state index in [4.69, 9.17) is 15.0 Å². The first kappa shape index (κ1) is 23.1. The summed E-state index contributed by atoms with van der Waals surface area (Å²) < 4.78 is 11.3. The van der Waals surface area contributed by atoms with Crippen LogP contribution in [0.5, 0.6) is 5.75 Å². The molecule has 1 fully saturated rings. The van der Waals surface area contributed by atoms with Crippen molar-refractivity contribution in [1.29, 1.82) is 5.26 Å². The molecule has 0 spiro atoms. The molecule has 0 radical (unpaired) electrons. The molecule has 2 aliphatic carbocycles. The Bertz CT molecular complexity index is 1290. The van der Waals surface area contributed by atoms with Gasteiger partial charge in [0, 0.05) is 23.1 Å². The Morgan fingerprint density at radius 1 is 1.26 bits per heavy atom. The van der Waals surface area contributed by atoms with E-state index in [1.54, 1.807) is 12.1 Å². The number of nitriles is 1. The molecule has 1 amide bonds. The number of nitrogens with zero attached hydrogens (tertiary/aromatic N) is 3. The first-order valence-electron chi connectivity index (χ1n) is 12.2. The third-order valence-electron chi connectivity index (χ3n) is 6.81. The van der Waals surface area contributed by atoms with Crippen LogP contribution in [0.4, 0.5) is 0 Å². The number of benzene rings is 2. The van der Waals surface area contributed by atoms with E-state index in [9.17, 15) is 10.1 Å². The third-order valence-corrected chi connectivity index (χ3v) is 6.81. The molecular formula is C27H29N5O3. The van der Waals surface area contributed by atoms with Gasteiger partial charge in [-0.3, -0.25) is 4.79 Å². The molecule has 35 heavy (non-hydrogen) atoms. The molecule has 1 aromatic heterocycles. The van der Waals surface area contributed by atoms with E-state index < -0.39 is 0 Å². The van der Waals surface area contributed by atoms with Gasteiger partial charge < -0.3 is 20.3 Å². The zero-order valence-electron chi connectivity index (χ0n) is 20.0. The van der Waals surface area contributed by atoms with Crippen molar-refractivity contribution < 1.29 is 14.1 Å². The third kappa shape index (κ3) is 4.64. The molecule has 0 aliphatic heterocycles. The maximum absolute atomic E-state index is 12.8. The molecule has 5 rings (SSSR count). The van der Waals surface area contributed by atoms with Gasteiger partial charge in [0.25, 0.3) is 5.89 Å². The van der Waals surface area contributed by atoms with Crippen LogP contribution in [0.15, 0.2) is 40.9 Å². The molecule has 1 unspecified atom stereocenters. The Morgan fingerprint density at radius 3 is 2.86 bits per heavy atom. The van der Waals surface area contributed by atoms with Crippen LogP contribution in [-0.2, 0) is 11.2 Å². The monoisotopic (exact) mass is 471 g/mol. The van der Waals surface area contributed by atoms with Gasteiger partial charge in [0.1, 0.15) is 11.8 Å². The van der Waals surface area contributed by atoms with Gasteiger partial charge in [0.15, 0.2) is 0 Å². The second kappa shape index (κ2) is 9.51. The maximum atomic E-state index is 12.8. The summed E-state index contributed by atoms with van der Waals surface area (Å²) in [7, 11) is 0. The smallest absolute Gasteiger partial charge is 0.258 e. The second-order valence-electron chi connectivity index (χ2n) is 9.66. The van der Waals surface area contributed by atoms with Crippen LogP contribution in [0.1, 0.15) is 62.3 Å². The zero-order chi connectivity index (χ0) is 24.5. The number of nitrogens with one attached hydrogen (secondary N) is 1. The molecule has 180 valence electrons. The average molecular weight is 472 g/mol. The highest BCUT2D eigenvalue weighted by Gasteiger charge is 2.32. The van der Waals surface area contributed by atoms with Crippen LogP contribution in [0.3, 0.4) is 0 Å². The predicted octanol–water partition coefficient (Wildman–Crippen LogP) is 4.29. The Kier molecular flexibility index (Phi) is 6.27. The summed E-state index contributed by atoms with van der Waals surface area (Å²) in [6.45, 7) is 3.83. The van der Waals surface area contributed by atoms with Crippen LogP contribution in [0, 0.1) is 17.2 Å². The van der Waals surface area contributed by atoms with Gasteiger partial charge >= 0.3 is 0 Å². The molecular weight excluding hydrogens is 442 g/mol. The number of rotatable bonds is 6. The second-order valence-corrected chi connectivity index (χ2v) is 9.66. The number of hydrogen-bond donors (Lipinski definition) is 2. The van der Waals surface area contributed by atoms with Crippen LogP contribution < -0.4 is 15.8 Å². The normalized spacial score (nSPS) is 21.1. The number of nitrogens with two attached hydrogens (primary N) is 1. The van der Waals surface area contributed by atoms with Gasteiger partial charge in [0.05, 0.1) is 17.7 Å². The highest BCUT2D eigenvalue weighted by atomic mass is 16.5. The molecule has 0 bridgehead atoms. The first-order chi connectivity index (χ1) is 16.9. The molecule has 2 aromatic carbocycles. The molecule has 0 saturated heterocycles. The van der Waals surface area contributed by atoms with Crippen LogP contribution in [-0.4, -0.2) is 28.2 Å². The lowest BCUT2D eigenvalue weighted by molar-refractivity contribution is -0.125. The maximum Gasteiger partial charge on any atom is 0.258 e. The highest BCUT2D eigenvalue weighted by molar-refractivity contribution is 5.80. The lowest BCUT2D eigenvalue weighted by Crippen LogP contribution is -2.32. The summed E-state index contributed by atoms with van der Waals surface area (Å²) in [5.41, 5.74) is 10.2. The van der Waals surface area contributed by atoms with Crippen molar-refractivity contribution >= 4 is 5.91 Å². The molecule has 1 heterocycles. The van der Waals surface area contributed by atoms with Gasteiger partial charge in [-0.2, -0.15) is 10.2 Å². The SMILES string of the molecule is CC(C)Oc1ccc(-c2nc(-c3cccc4c3CC[C@@H]4NC(=O)C3CC[C@@H](N)C3)no2)cc1C#N. The topological polar surface area (TPSA) is 127 Å². The van der Waals surface area contributed by atoms with Crippen LogP contribution in [0.2, 0.25) is 0 Å². The van der Waals surface area contributed by atoms with Crippen molar-refractivity contribution in [3.63, 3.8) is 0 Å². The Labute approximate surface area is 204 Å². The standard InChI is InChI=1S/C27H29N5O3/c1-15(2)34-24-11-7-17(12-18(24)14-28)27-31-25(32-35-27)22-5-3-4-21-20(22)9-10-23(21)30-26(33)16-6-8-19(29)13-16/h3-5,7,11-12,15-16,19,23H,6,8-10,13,29H2,1-2H3,(H,30,33)/t16?,19-,23+/m1/s1. The van der Waals surface area contributed by atoms with E-state index in [0.717, 1.165) is 48.8 Å². The highest BCUT2D eigenvalue weighted by Crippen LogP contribution is 2.38. The van der Waals surface area contributed by atoms with Gasteiger partial charge in [-0.05, 0) is 75.3 Å². The number of hydrogen-bond acceptors (Lipinski definition) is 7. The van der Waals surface area contributed by atoms with Crippen molar-refractivity contribution in [3.05, 3.63) is 53.1 Å². The number of aromatic nitrogens is 2. The van der Waals surface area contributed by atoms with Crippen molar-refractivity contribution in [3.8, 4) is 34.7 Å².